The Hall–Kier alpha value is -4.66. The number of carbonyl (C=O) groups excluding carboxylic acids is 4. The van der Waals surface area contributed by atoms with Crippen molar-refractivity contribution in [2.75, 3.05) is 13.1 Å². The van der Waals surface area contributed by atoms with Crippen molar-refractivity contribution in [3.63, 3.8) is 0 Å². The summed E-state index contributed by atoms with van der Waals surface area (Å²) in [5, 5.41) is 7.89. The highest BCUT2D eigenvalue weighted by molar-refractivity contribution is 5.96. The minimum atomic E-state index is -0.903. The zero-order valence-corrected chi connectivity index (χ0v) is 21.6. The summed E-state index contributed by atoms with van der Waals surface area (Å²) < 4.78 is 10.6. The van der Waals surface area contributed by atoms with Crippen LogP contribution in [0.5, 0.6) is 0 Å². The van der Waals surface area contributed by atoms with Crippen molar-refractivity contribution in [1.82, 2.24) is 16.0 Å². The first kappa shape index (κ1) is 28.9. The molecule has 204 valence electrons. The van der Waals surface area contributed by atoms with Crippen LogP contribution in [0.1, 0.15) is 40.7 Å². The van der Waals surface area contributed by atoms with Crippen molar-refractivity contribution in [3.8, 4) is 0 Å². The normalized spacial score (nSPS) is 11.1. The third-order valence-corrected chi connectivity index (χ3v) is 5.69. The predicted octanol–water partition coefficient (Wildman–Crippen LogP) is 3.74. The molecule has 0 aliphatic rings. The van der Waals surface area contributed by atoms with Crippen molar-refractivity contribution in [1.29, 1.82) is 0 Å². The van der Waals surface area contributed by atoms with Crippen LogP contribution in [-0.4, -0.2) is 43.0 Å². The smallest absolute Gasteiger partial charge is 0.407 e. The Morgan fingerprint density at radius 2 is 1.23 bits per heavy atom. The molecule has 3 rings (SSSR count). The number of amides is 3. The topological polar surface area (TPSA) is 123 Å². The lowest BCUT2D eigenvalue weighted by atomic mass is 10.1. The molecular formula is C30H33N3O6. The van der Waals surface area contributed by atoms with Gasteiger partial charge in [0.25, 0.3) is 5.91 Å². The summed E-state index contributed by atoms with van der Waals surface area (Å²) >= 11 is 0. The van der Waals surface area contributed by atoms with Gasteiger partial charge in [-0.2, -0.15) is 0 Å². The molecule has 0 aliphatic heterocycles. The van der Waals surface area contributed by atoms with Crippen LogP contribution in [-0.2, 0) is 32.3 Å². The maximum Gasteiger partial charge on any atom is 0.407 e. The number of alkyl carbamates (subject to hydrolysis) is 1. The molecule has 0 fully saturated rings. The monoisotopic (exact) mass is 531 g/mol. The molecule has 3 aromatic carbocycles. The zero-order valence-electron chi connectivity index (χ0n) is 21.6. The molecule has 0 aromatic heterocycles. The molecule has 3 amide bonds. The van der Waals surface area contributed by atoms with E-state index in [1.165, 1.54) is 0 Å². The molecule has 0 saturated carbocycles. The summed E-state index contributed by atoms with van der Waals surface area (Å²) in [5.74, 6) is -1.47. The number of nitrogens with one attached hydrogen (secondary N) is 3. The summed E-state index contributed by atoms with van der Waals surface area (Å²) in [6.07, 6.45) is 0.858. The zero-order chi connectivity index (χ0) is 27.7. The Morgan fingerprint density at radius 1 is 0.667 bits per heavy atom. The van der Waals surface area contributed by atoms with E-state index in [1.807, 2.05) is 60.7 Å². The standard InChI is InChI=1S/C30H33N3O6/c34-27(20-32-28(35)25-16-8-3-9-17-25)33-26(29(36)38-21-23-12-4-1-5-13-23)18-10-11-19-31-30(37)39-22-24-14-6-2-7-15-24/h1-9,12-17,26H,10-11,18-22H2,(H,31,37)(H,32,35)(H,33,34)/t26-/m0/s1. The summed E-state index contributed by atoms with van der Waals surface area (Å²) in [6.45, 7) is 0.311. The van der Waals surface area contributed by atoms with Crippen molar-refractivity contribution < 1.29 is 28.7 Å². The van der Waals surface area contributed by atoms with Crippen molar-refractivity contribution in [2.24, 2.45) is 0 Å². The van der Waals surface area contributed by atoms with Gasteiger partial charge in [0.05, 0.1) is 6.54 Å². The highest BCUT2D eigenvalue weighted by Crippen LogP contribution is 2.07. The predicted molar refractivity (Wildman–Crippen MR) is 145 cm³/mol. The van der Waals surface area contributed by atoms with Gasteiger partial charge in [-0.25, -0.2) is 9.59 Å². The molecule has 0 heterocycles. The van der Waals surface area contributed by atoms with Gasteiger partial charge in [0.15, 0.2) is 0 Å². The van der Waals surface area contributed by atoms with E-state index in [2.05, 4.69) is 16.0 Å². The van der Waals surface area contributed by atoms with Gasteiger partial charge in [-0.1, -0.05) is 78.9 Å². The van der Waals surface area contributed by atoms with Crippen molar-refractivity contribution >= 4 is 23.9 Å². The third-order valence-electron chi connectivity index (χ3n) is 5.69. The fourth-order valence-electron chi connectivity index (χ4n) is 3.61. The van der Waals surface area contributed by atoms with Crippen LogP contribution < -0.4 is 16.0 Å². The second kappa shape index (κ2) is 16.2. The molecule has 0 radical (unpaired) electrons. The van der Waals surface area contributed by atoms with Crippen molar-refractivity contribution in [3.05, 3.63) is 108 Å². The van der Waals surface area contributed by atoms with Gasteiger partial charge >= 0.3 is 12.1 Å². The quantitative estimate of drug-likeness (QED) is 0.215. The fourth-order valence-corrected chi connectivity index (χ4v) is 3.61. The number of benzene rings is 3. The van der Waals surface area contributed by atoms with Gasteiger partial charge in [0.1, 0.15) is 19.3 Å². The van der Waals surface area contributed by atoms with Gasteiger partial charge in [-0.15, -0.1) is 0 Å². The number of rotatable bonds is 14. The molecule has 0 saturated heterocycles. The SMILES string of the molecule is O=C(CNC(=O)c1ccccc1)N[C@@H](CCCCNC(=O)OCc1ccccc1)C(=O)OCc1ccccc1. The number of ether oxygens (including phenoxy) is 2. The van der Waals surface area contributed by atoms with E-state index in [0.717, 1.165) is 11.1 Å². The Kier molecular flexibility index (Phi) is 12.0. The fraction of sp³-hybridized carbons (Fsp3) is 0.267. The lowest BCUT2D eigenvalue weighted by Crippen LogP contribution is -2.46. The number of esters is 1. The number of hydrogen-bond donors (Lipinski definition) is 3. The van der Waals surface area contributed by atoms with Crippen LogP contribution in [0, 0.1) is 0 Å². The average molecular weight is 532 g/mol. The number of unbranched alkanes of at least 4 members (excludes halogenated alkanes) is 1. The summed E-state index contributed by atoms with van der Waals surface area (Å²) in [4.78, 5) is 49.5. The largest absolute Gasteiger partial charge is 0.459 e. The first-order valence-electron chi connectivity index (χ1n) is 12.8. The molecule has 0 bridgehead atoms. The van der Waals surface area contributed by atoms with E-state index in [-0.39, 0.29) is 25.7 Å². The third kappa shape index (κ3) is 11.1. The Morgan fingerprint density at radius 3 is 1.85 bits per heavy atom. The number of hydrogen-bond acceptors (Lipinski definition) is 6. The highest BCUT2D eigenvalue weighted by Gasteiger charge is 2.22. The van der Waals surface area contributed by atoms with Gasteiger partial charge < -0.3 is 25.4 Å². The molecule has 9 nitrogen and oxygen atoms in total. The lowest BCUT2D eigenvalue weighted by molar-refractivity contribution is -0.149. The van der Waals surface area contributed by atoms with E-state index in [1.54, 1.807) is 30.3 Å². The van der Waals surface area contributed by atoms with Crippen LogP contribution in [0.4, 0.5) is 4.79 Å². The summed E-state index contributed by atoms with van der Waals surface area (Å²) in [5.41, 5.74) is 2.14. The highest BCUT2D eigenvalue weighted by atomic mass is 16.5. The van der Waals surface area contributed by atoms with E-state index in [0.29, 0.717) is 31.4 Å². The van der Waals surface area contributed by atoms with Crippen LogP contribution in [0.15, 0.2) is 91.0 Å². The summed E-state index contributed by atoms with van der Waals surface area (Å²) in [7, 11) is 0. The first-order chi connectivity index (χ1) is 19.0. The minimum Gasteiger partial charge on any atom is -0.459 e. The van der Waals surface area contributed by atoms with Crippen LogP contribution in [0.2, 0.25) is 0 Å². The molecule has 0 aliphatic carbocycles. The van der Waals surface area contributed by atoms with Gasteiger partial charge in [0.2, 0.25) is 5.91 Å². The molecule has 3 N–H and O–H groups in total. The molecule has 9 heteroatoms. The molecule has 1 atom stereocenters. The maximum absolute atomic E-state index is 12.8. The van der Waals surface area contributed by atoms with Crippen molar-refractivity contribution in [2.45, 2.75) is 38.5 Å². The van der Waals surface area contributed by atoms with E-state index < -0.39 is 24.0 Å². The molecule has 0 unspecified atom stereocenters. The Bertz CT molecular complexity index is 1190. The minimum absolute atomic E-state index is 0.0750. The summed E-state index contributed by atoms with van der Waals surface area (Å²) in [6, 6.07) is 26.2. The molecule has 39 heavy (non-hydrogen) atoms. The molecule has 0 spiro atoms. The van der Waals surface area contributed by atoms with Gasteiger partial charge in [-0.05, 0) is 42.5 Å². The lowest BCUT2D eigenvalue weighted by Gasteiger charge is -2.18. The van der Waals surface area contributed by atoms with Crippen LogP contribution >= 0.6 is 0 Å². The second-order valence-corrected chi connectivity index (χ2v) is 8.75. The van der Waals surface area contributed by atoms with E-state index in [9.17, 15) is 19.2 Å². The van der Waals surface area contributed by atoms with Crippen LogP contribution in [0.3, 0.4) is 0 Å². The molecular weight excluding hydrogens is 498 g/mol. The second-order valence-electron chi connectivity index (χ2n) is 8.75. The Labute approximate surface area is 227 Å². The van der Waals surface area contributed by atoms with E-state index >= 15 is 0 Å². The van der Waals surface area contributed by atoms with Gasteiger partial charge in [0, 0.05) is 12.1 Å². The van der Waals surface area contributed by atoms with Gasteiger partial charge in [-0.3, -0.25) is 9.59 Å². The maximum atomic E-state index is 12.8. The first-order valence-corrected chi connectivity index (χ1v) is 12.8. The van der Waals surface area contributed by atoms with E-state index in [4.69, 9.17) is 9.47 Å². The number of carbonyl (C=O) groups is 4. The van der Waals surface area contributed by atoms with Crippen LogP contribution in [0.25, 0.3) is 0 Å². The Balaban J connectivity index is 1.43. The molecule has 3 aromatic rings. The average Bonchev–Trinajstić information content (AvgIpc) is 2.98.